The van der Waals surface area contributed by atoms with Crippen molar-refractivity contribution in [3.05, 3.63) is 24.3 Å². The lowest BCUT2D eigenvalue weighted by molar-refractivity contribution is 0.273. The molecule has 1 aromatic carbocycles. The Morgan fingerprint density at radius 3 is 2.90 bits per heavy atom. The standard InChI is InChI=1S/C16H22N2S2/c1-12-6-8-16(9-7-12)11-20-15(18-16)17-13-4-3-5-14(10-13)19-2/h3-5,10,12H,6-9,11H2,1-2H3,(H,17,18). The molecule has 1 aliphatic heterocycles. The Balaban J connectivity index is 1.69. The third kappa shape index (κ3) is 3.17. The Kier molecular flexibility index (Phi) is 4.32. The zero-order valence-electron chi connectivity index (χ0n) is 12.2. The van der Waals surface area contributed by atoms with Crippen LogP contribution in [0.1, 0.15) is 32.6 Å². The quantitative estimate of drug-likeness (QED) is 0.789. The summed E-state index contributed by atoms with van der Waals surface area (Å²) in [5.74, 6) is 2.04. The Morgan fingerprint density at radius 2 is 2.15 bits per heavy atom. The molecule has 108 valence electrons. The molecule has 1 aromatic rings. The molecule has 1 saturated carbocycles. The molecule has 4 heteroatoms. The first-order valence-electron chi connectivity index (χ1n) is 7.33. The summed E-state index contributed by atoms with van der Waals surface area (Å²) in [6.45, 7) is 2.37. The van der Waals surface area contributed by atoms with Crippen molar-refractivity contribution in [1.29, 1.82) is 0 Å². The molecular weight excluding hydrogens is 284 g/mol. The van der Waals surface area contributed by atoms with Gasteiger partial charge < -0.3 is 5.32 Å². The van der Waals surface area contributed by atoms with Gasteiger partial charge in [-0.15, -0.1) is 11.8 Å². The average Bonchev–Trinajstić information content (AvgIpc) is 2.86. The van der Waals surface area contributed by atoms with E-state index in [0.717, 1.165) is 22.5 Å². The van der Waals surface area contributed by atoms with E-state index in [2.05, 4.69) is 42.8 Å². The van der Waals surface area contributed by atoms with Gasteiger partial charge in [0.25, 0.3) is 0 Å². The van der Waals surface area contributed by atoms with Gasteiger partial charge >= 0.3 is 0 Å². The minimum Gasteiger partial charge on any atom is -0.335 e. The second kappa shape index (κ2) is 6.02. The van der Waals surface area contributed by atoms with Crippen molar-refractivity contribution < 1.29 is 0 Å². The molecule has 2 nitrogen and oxygen atoms in total. The lowest BCUT2D eigenvalue weighted by Crippen LogP contribution is -2.32. The van der Waals surface area contributed by atoms with Crippen LogP contribution in [-0.4, -0.2) is 22.7 Å². The third-order valence-electron chi connectivity index (χ3n) is 4.34. The number of anilines is 1. The van der Waals surface area contributed by atoms with Gasteiger partial charge in [-0.3, -0.25) is 4.99 Å². The molecule has 1 fully saturated rings. The summed E-state index contributed by atoms with van der Waals surface area (Å²) in [6.07, 6.45) is 7.30. The Bertz CT molecular complexity index is 505. The lowest BCUT2D eigenvalue weighted by atomic mass is 9.79. The van der Waals surface area contributed by atoms with Gasteiger partial charge in [0.2, 0.25) is 0 Å². The van der Waals surface area contributed by atoms with Gasteiger partial charge in [-0.2, -0.15) is 0 Å². The first-order chi connectivity index (χ1) is 9.69. The van der Waals surface area contributed by atoms with Gasteiger partial charge in [0.1, 0.15) is 0 Å². The minimum absolute atomic E-state index is 0.233. The molecular formula is C16H22N2S2. The number of aliphatic imine (C=N–C) groups is 1. The molecule has 3 rings (SSSR count). The summed E-state index contributed by atoms with van der Waals surface area (Å²) in [5, 5.41) is 4.61. The topological polar surface area (TPSA) is 24.4 Å². The minimum atomic E-state index is 0.233. The van der Waals surface area contributed by atoms with Crippen LogP contribution in [0.15, 0.2) is 34.2 Å². The predicted molar refractivity (Wildman–Crippen MR) is 92.1 cm³/mol. The number of rotatable bonds is 2. The molecule has 0 bridgehead atoms. The van der Waals surface area contributed by atoms with Crippen LogP contribution in [0.2, 0.25) is 0 Å². The summed E-state index contributed by atoms with van der Waals surface area (Å²) in [5.41, 5.74) is 1.39. The maximum Gasteiger partial charge on any atom is 0.161 e. The smallest absolute Gasteiger partial charge is 0.161 e. The molecule has 20 heavy (non-hydrogen) atoms. The van der Waals surface area contributed by atoms with Crippen LogP contribution >= 0.6 is 23.5 Å². The van der Waals surface area contributed by atoms with E-state index in [0.29, 0.717) is 0 Å². The van der Waals surface area contributed by atoms with Crippen molar-refractivity contribution in [3.63, 3.8) is 0 Å². The molecule has 0 saturated heterocycles. The van der Waals surface area contributed by atoms with Crippen LogP contribution in [0.4, 0.5) is 5.69 Å². The summed E-state index contributed by atoms with van der Waals surface area (Å²) < 4.78 is 0. The van der Waals surface area contributed by atoms with Gasteiger partial charge in [-0.1, -0.05) is 24.8 Å². The largest absolute Gasteiger partial charge is 0.335 e. The Hall–Kier alpha value is -0.610. The van der Waals surface area contributed by atoms with Crippen LogP contribution in [0, 0.1) is 5.92 Å². The molecule has 0 aromatic heterocycles. The van der Waals surface area contributed by atoms with Crippen molar-refractivity contribution in [2.24, 2.45) is 10.9 Å². The molecule has 2 aliphatic rings. The zero-order chi connectivity index (χ0) is 14.0. The maximum absolute atomic E-state index is 5.03. The summed E-state index contributed by atoms with van der Waals surface area (Å²) in [7, 11) is 0. The zero-order valence-corrected chi connectivity index (χ0v) is 13.8. The van der Waals surface area contributed by atoms with Crippen LogP contribution in [0.3, 0.4) is 0 Å². The highest BCUT2D eigenvalue weighted by Gasteiger charge is 2.38. The fraction of sp³-hybridized carbons (Fsp3) is 0.562. The highest BCUT2D eigenvalue weighted by Crippen LogP contribution is 2.41. The average molecular weight is 306 g/mol. The van der Waals surface area contributed by atoms with E-state index < -0.39 is 0 Å². The van der Waals surface area contributed by atoms with Gasteiger partial charge in [0.05, 0.1) is 5.54 Å². The van der Waals surface area contributed by atoms with Crippen molar-refractivity contribution >= 4 is 34.4 Å². The maximum atomic E-state index is 5.03. The number of hydrogen-bond acceptors (Lipinski definition) is 4. The van der Waals surface area contributed by atoms with E-state index in [9.17, 15) is 0 Å². The molecule has 0 atom stereocenters. The van der Waals surface area contributed by atoms with Crippen molar-refractivity contribution in [1.82, 2.24) is 0 Å². The first kappa shape index (κ1) is 14.3. The van der Waals surface area contributed by atoms with Crippen LogP contribution < -0.4 is 5.32 Å². The van der Waals surface area contributed by atoms with Gasteiger partial charge in [-0.25, -0.2) is 0 Å². The van der Waals surface area contributed by atoms with Crippen LogP contribution in [-0.2, 0) is 0 Å². The van der Waals surface area contributed by atoms with E-state index in [-0.39, 0.29) is 5.54 Å². The molecule has 0 amide bonds. The number of thioether (sulfide) groups is 2. The Labute approximate surface area is 130 Å². The number of hydrogen-bond donors (Lipinski definition) is 1. The van der Waals surface area contributed by atoms with Gasteiger partial charge in [0.15, 0.2) is 5.17 Å². The van der Waals surface area contributed by atoms with Crippen molar-refractivity contribution in [2.45, 2.75) is 43.0 Å². The third-order valence-corrected chi connectivity index (χ3v) is 6.22. The van der Waals surface area contributed by atoms with E-state index >= 15 is 0 Å². The number of nitrogens with one attached hydrogen (secondary N) is 1. The number of amidine groups is 1. The first-order valence-corrected chi connectivity index (χ1v) is 9.54. The molecule has 0 unspecified atom stereocenters. The van der Waals surface area contributed by atoms with E-state index in [1.54, 1.807) is 11.8 Å². The summed E-state index contributed by atoms with van der Waals surface area (Å²) in [4.78, 5) is 6.32. The number of nitrogens with zero attached hydrogens (tertiary/aromatic N) is 1. The fourth-order valence-corrected chi connectivity index (χ4v) is 4.59. The molecule has 0 radical (unpaired) electrons. The lowest BCUT2D eigenvalue weighted by Gasteiger charge is -2.32. The van der Waals surface area contributed by atoms with E-state index in [1.807, 2.05) is 11.8 Å². The van der Waals surface area contributed by atoms with Crippen LogP contribution in [0.25, 0.3) is 0 Å². The molecule has 1 N–H and O–H groups in total. The van der Waals surface area contributed by atoms with Crippen molar-refractivity contribution in [2.75, 3.05) is 17.3 Å². The van der Waals surface area contributed by atoms with Gasteiger partial charge in [0, 0.05) is 16.3 Å². The van der Waals surface area contributed by atoms with Crippen molar-refractivity contribution in [3.8, 4) is 0 Å². The van der Waals surface area contributed by atoms with E-state index in [1.165, 1.54) is 30.6 Å². The highest BCUT2D eigenvalue weighted by molar-refractivity contribution is 8.14. The van der Waals surface area contributed by atoms with Gasteiger partial charge in [-0.05, 0) is 56.1 Å². The normalized spacial score (nSPS) is 29.5. The van der Waals surface area contributed by atoms with Crippen LogP contribution in [0.5, 0.6) is 0 Å². The SMILES string of the molecule is CSc1cccc(NC2=NC3(CCC(C)CC3)CS2)c1. The summed E-state index contributed by atoms with van der Waals surface area (Å²) >= 11 is 3.67. The predicted octanol–water partition coefficient (Wildman–Crippen LogP) is 4.87. The molecule has 1 aliphatic carbocycles. The monoisotopic (exact) mass is 306 g/mol. The summed E-state index contributed by atoms with van der Waals surface area (Å²) in [6, 6.07) is 8.56. The molecule has 1 heterocycles. The molecule has 1 spiro atoms. The second-order valence-corrected chi connectivity index (χ2v) is 7.81. The second-order valence-electron chi connectivity index (χ2n) is 5.97. The Morgan fingerprint density at radius 1 is 1.35 bits per heavy atom. The number of benzene rings is 1. The highest BCUT2D eigenvalue weighted by atomic mass is 32.2. The fourth-order valence-electron chi connectivity index (χ4n) is 2.93. The van der Waals surface area contributed by atoms with E-state index in [4.69, 9.17) is 4.99 Å².